The summed E-state index contributed by atoms with van der Waals surface area (Å²) < 4.78 is 7.41. The zero-order valence-electron chi connectivity index (χ0n) is 14.9. The van der Waals surface area contributed by atoms with E-state index in [0.717, 1.165) is 16.9 Å². The Morgan fingerprint density at radius 2 is 2.15 bits per heavy atom. The number of para-hydroxylation sites is 1. The van der Waals surface area contributed by atoms with Gasteiger partial charge in [-0.3, -0.25) is 0 Å². The predicted octanol–water partition coefficient (Wildman–Crippen LogP) is 4.32. The quantitative estimate of drug-likeness (QED) is 0.364. The summed E-state index contributed by atoms with van der Waals surface area (Å²) in [4.78, 5) is 0. The van der Waals surface area contributed by atoms with Crippen LogP contribution < -0.4 is 4.74 Å². The molecule has 0 aliphatic rings. The van der Waals surface area contributed by atoms with E-state index in [2.05, 4.69) is 21.9 Å². The Hall–Kier alpha value is -3.19. The van der Waals surface area contributed by atoms with Crippen LogP contribution in [-0.2, 0) is 6.42 Å². The summed E-state index contributed by atoms with van der Waals surface area (Å²) in [5, 5.41) is 21.8. The van der Waals surface area contributed by atoms with Gasteiger partial charge in [0.05, 0.1) is 12.8 Å². The van der Waals surface area contributed by atoms with E-state index >= 15 is 0 Å². The molecule has 0 aliphatic carbocycles. The standard InChI is InChI=1S/C20H20N4O2S/c1-3-7-14-8-5-10-16(18(14)25)13-21-24-19(22-23-20(24)27)15-9-6-11-17(12-15)26-4-2/h3,5-6,8-13,25H,1,4,7H2,2H3,(H,23,27)/b21-13-. The lowest BCUT2D eigenvalue weighted by molar-refractivity contribution is 0.340. The third-order valence-electron chi connectivity index (χ3n) is 3.88. The molecular formula is C20H20N4O2S. The van der Waals surface area contributed by atoms with Crippen molar-refractivity contribution in [1.29, 1.82) is 0 Å². The van der Waals surface area contributed by atoms with Crippen LogP contribution in [0.1, 0.15) is 18.1 Å². The third-order valence-corrected chi connectivity index (χ3v) is 4.15. The van der Waals surface area contributed by atoms with Crippen molar-refractivity contribution in [3.63, 3.8) is 0 Å². The summed E-state index contributed by atoms with van der Waals surface area (Å²) >= 11 is 5.30. The van der Waals surface area contributed by atoms with Gasteiger partial charge in [-0.15, -0.1) is 6.58 Å². The van der Waals surface area contributed by atoms with Crippen molar-refractivity contribution < 1.29 is 9.84 Å². The van der Waals surface area contributed by atoms with Crippen LogP contribution in [0, 0.1) is 4.77 Å². The number of aromatic nitrogens is 3. The highest BCUT2D eigenvalue weighted by atomic mass is 32.1. The molecule has 6 nitrogen and oxygen atoms in total. The number of H-pyrrole nitrogens is 1. The molecule has 1 aromatic heterocycles. The highest BCUT2D eigenvalue weighted by molar-refractivity contribution is 7.71. The van der Waals surface area contributed by atoms with Gasteiger partial charge in [0.15, 0.2) is 5.82 Å². The fraction of sp³-hybridized carbons (Fsp3) is 0.150. The van der Waals surface area contributed by atoms with Crippen molar-refractivity contribution in [2.45, 2.75) is 13.3 Å². The van der Waals surface area contributed by atoms with Gasteiger partial charge in [0.1, 0.15) is 11.5 Å². The number of aromatic amines is 1. The Labute approximate surface area is 162 Å². The molecule has 0 spiro atoms. The lowest BCUT2D eigenvalue weighted by Gasteiger charge is -2.06. The molecule has 0 unspecified atom stereocenters. The molecule has 0 saturated carbocycles. The fourth-order valence-electron chi connectivity index (χ4n) is 2.63. The number of nitrogens with zero attached hydrogens (tertiary/aromatic N) is 3. The van der Waals surface area contributed by atoms with Gasteiger partial charge >= 0.3 is 0 Å². The van der Waals surface area contributed by atoms with Crippen LogP contribution in [0.25, 0.3) is 11.4 Å². The topological polar surface area (TPSA) is 75.4 Å². The van der Waals surface area contributed by atoms with Crippen LogP contribution in [0.2, 0.25) is 0 Å². The van der Waals surface area contributed by atoms with E-state index in [1.54, 1.807) is 18.4 Å². The molecular weight excluding hydrogens is 360 g/mol. The predicted molar refractivity (Wildman–Crippen MR) is 109 cm³/mol. The van der Waals surface area contributed by atoms with Gasteiger partial charge in [0.25, 0.3) is 0 Å². The maximum Gasteiger partial charge on any atom is 0.216 e. The molecule has 2 N–H and O–H groups in total. The van der Waals surface area contributed by atoms with Crippen molar-refractivity contribution >= 4 is 18.4 Å². The normalized spacial score (nSPS) is 11.0. The molecule has 1 heterocycles. The number of aromatic hydroxyl groups is 1. The lowest BCUT2D eigenvalue weighted by atomic mass is 10.1. The minimum atomic E-state index is 0.177. The van der Waals surface area contributed by atoms with E-state index < -0.39 is 0 Å². The number of nitrogens with one attached hydrogen (secondary N) is 1. The number of ether oxygens (including phenoxy) is 1. The van der Waals surface area contributed by atoms with Crippen LogP contribution in [0.15, 0.2) is 60.2 Å². The number of hydrogen-bond donors (Lipinski definition) is 2. The maximum absolute atomic E-state index is 10.4. The Kier molecular flexibility index (Phi) is 5.83. The van der Waals surface area contributed by atoms with Gasteiger partial charge in [-0.05, 0) is 49.3 Å². The highest BCUT2D eigenvalue weighted by Crippen LogP contribution is 2.24. The minimum absolute atomic E-state index is 0.177. The SMILES string of the molecule is C=CCc1cccc(/C=N\n2c(-c3cccc(OCC)c3)n[nH]c2=S)c1O. The van der Waals surface area contributed by atoms with Gasteiger partial charge < -0.3 is 9.84 Å². The molecule has 3 rings (SSSR count). The molecule has 0 fully saturated rings. The molecule has 27 heavy (non-hydrogen) atoms. The van der Waals surface area contributed by atoms with Gasteiger partial charge in [-0.1, -0.05) is 30.3 Å². The number of hydrogen-bond acceptors (Lipinski definition) is 5. The fourth-order valence-corrected chi connectivity index (χ4v) is 2.81. The van der Waals surface area contributed by atoms with Crippen LogP contribution >= 0.6 is 12.2 Å². The summed E-state index contributed by atoms with van der Waals surface area (Å²) in [6, 6.07) is 13.0. The van der Waals surface area contributed by atoms with Gasteiger partial charge in [0, 0.05) is 11.1 Å². The molecule has 0 atom stereocenters. The Morgan fingerprint density at radius 1 is 1.33 bits per heavy atom. The summed E-state index contributed by atoms with van der Waals surface area (Å²) in [7, 11) is 0. The zero-order chi connectivity index (χ0) is 19.2. The molecule has 0 amide bonds. The number of allylic oxidation sites excluding steroid dienone is 1. The Morgan fingerprint density at radius 3 is 2.93 bits per heavy atom. The molecule has 7 heteroatoms. The van der Waals surface area contributed by atoms with Crippen LogP contribution in [0.5, 0.6) is 11.5 Å². The van der Waals surface area contributed by atoms with E-state index in [1.807, 2.05) is 43.3 Å². The third kappa shape index (κ3) is 4.15. The monoisotopic (exact) mass is 380 g/mol. The van der Waals surface area contributed by atoms with E-state index in [4.69, 9.17) is 17.0 Å². The molecule has 0 saturated heterocycles. The molecule has 138 valence electrons. The smallest absolute Gasteiger partial charge is 0.216 e. The molecule has 2 aromatic carbocycles. The average molecular weight is 380 g/mol. The van der Waals surface area contributed by atoms with Gasteiger partial charge in [-0.25, -0.2) is 5.10 Å². The van der Waals surface area contributed by atoms with Crippen LogP contribution in [0.4, 0.5) is 0 Å². The lowest BCUT2D eigenvalue weighted by Crippen LogP contribution is -1.97. The van der Waals surface area contributed by atoms with Crippen LogP contribution in [0.3, 0.4) is 0 Å². The van der Waals surface area contributed by atoms with Crippen molar-refractivity contribution in [2.24, 2.45) is 5.10 Å². The summed E-state index contributed by atoms with van der Waals surface area (Å²) in [6.45, 7) is 6.21. The highest BCUT2D eigenvalue weighted by Gasteiger charge is 2.10. The Bertz CT molecular complexity index is 1040. The first-order valence-electron chi connectivity index (χ1n) is 8.50. The largest absolute Gasteiger partial charge is 0.507 e. The van der Waals surface area contributed by atoms with Crippen molar-refractivity contribution in [1.82, 2.24) is 14.9 Å². The average Bonchev–Trinajstić information content (AvgIpc) is 3.04. The number of benzene rings is 2. The molecule has 0 aliphatic heterocycles. The molecule has 3 aromatic rings. The van der Waals surface area contributed by atoms with Crippen molar-refractivity contribution in [3.05, 3.63) is 71.0 Å². The number of rotatable bonds is 7. The van der Waals surface area contributed by atoms with Crippen molar-refractivity contribution in [2.75, 3.05) is 6.61 Å². The van der Waals surface area contributed by atoms with Gasteiger partial charge in [0.2, 0.25) is 4.77 Å². The van der Waals surface area contributed by atoms with E-state index in [9.17, 15) is 5.11 Å². The van der Waals surface area contributed by atoms with Crippen molar-refractivity contribution in [3.8, 4) is 22.9 Å². The number of phenolic OH excluding ortho intramolecular Hbond substituents is 1. The number of phenols is 1. The first-order chi connectivity index (χ1) is 13.1. The summed E-state index contributed by atoms with van der Waals surface area (Å²) in [6.07, 6.45) is 3.88. The Balaban J connectivity index is 1.98. The van der Waals surface area contributed by atoms with E-state index in [1.165, 1.54) is 4.68 Å². The second-order valence-corrected chi connectivity index (χ2v) is 6.10. The molecule has 0 radical (unpaired) electrons. The second kappa shape index (κ2) is 8.46. The summed E-state index contributed by atoms with van der Waals surface area (Å²) in [5.41, 5.74) is 2.19. The first kappa shape index (κ1) is 18.6. The second-order valence-electron chi connectivity index (χ2n) is 5.72. The maximum atomic E-state index is 10.4. The first-order valence-corrected chi connectivity index (χ1v) is 8.91. The van der Waals surface area contributed by atoms with Gasteiger partial charge in [-0.2, -0.15) is 14.9 Å². The van der Waals surface area contributed by atoms with Crippen LogP contribution in [-0.4, -0.2) is 32.8 Å². The zero-order valence-corrected chi connectivity index (χ0v) is 15.7. The summed E-state index contributed by atoms with van der Waals surface area (Å²) in [5.74, 6) is 1.48. The van der Waals surface area contributed by atoms with E-state index in [0.29, 0.717) is 29.2 Å². The minimum Gasteiger partial charge on any atom is -0.507 e. The van der Waals surface area contributed by atoms with E-state index in [-0.39, 0.29) is 5.75 Å². The molecule has 0 bridgehead atoms.